The van der Waals surface area contributed by atoms with E-state index in [9.17, 15) is 169 Å². The predicted octanol–water partition coefficient (Wildman–Crippen LogP) is 6.26. The zero-order valence-electron chi connectivity index (χ0n) is 70.1. The predicted molar refractivity (Wildman–Crippen MR) is 459 cm³/mol. The van der Waals surface area contributed by atoms with Crippen LogP contribution in [0.4, 0.5) is 0 Å². The molecule has 1 saturated heterocycles. The van der Waals surface area contributed by atoms with Crippen molar-refractivity contribution in [2.75, 3.05) is 6.61 Å². The Labute approximate surface area is 768 Å². The number of aliphatic hydroxyl groups is 10. The van der Waals surface area contributed by atoms with Crippen LogP contribution in [0.5, 0.6) is 172 Å². The minimum absolute atomic E-state index is 0.0197. The number of aromatic hydroxyl groups is 23. The molecule has 0 radical (unpaired) electrons. The Bertz CT molecular complexity index is 6920. The first-order valence-electron chi connectivity index (χ1n) is 42.1. The Morgan fingerprint density at radius 1 is 0.241 bits per heavy atom. The standard InChI is InChI=1S/C96H84O41/c97-27-61-78(122)84(128)85(129)96(133-61)132-60-26-58-35(21-57(120)86(130-58)28-1-7-36(99)42(105)13-28)77(121)71(60)76-70-56(119)25-55(118)69(95(70)137-91(83(76)127)33-6-12-41(104)47(110)18-33)75-68-54(117)24-53(116)67(94(68)136-90(82(75)126)32-5-11-40(103)46(109)17-32)74-66-52(115)23-51(114)65(93(66)135-89(81(74)125)31-4-10-39(102)45(108)16-31)73-64-50(113)22-49(112)63(92(64)134-88(80(73)124)30-3-9-38(101)44(107)15-30)72-62-48(111)19-34(98)20-59(62)131-87(79(72)123)29-2-8-37(100)43(106)14-29/h1-20,22-26,57,61,72-76,78-91,96-129H,21,27H2/t57-,61+,72?,73?,74?,75?,76?,78+,79+,80+,81+,82+,83+,84-,85+,86+,87+,88+,89+,90+,91+,96?/m0/s1. The molecule has 6 unspecified atom stereocenters. The van der Waals surface area contributed by atoms with Gasteiger partial charge in [0.15, 0.2) is 99.5 Å². The second-order valence-corrected chi connectivity index (χ2v) is 34.4. The molecular weight excluding hydrogens is 1810 g/mol. The fourth-order valence-electron chi connectivity index (χ4n) is 20.0. The average Bonchev–Trinajstić information content (AvgIpc) is 0.704. The molecule has 19 rings (SSSR count). The zero-order valence-corrected chi connectivity index (χ0v) is 70.1. The fraction of sp³-hybridized carbons (Fsp3) is 0.250. The van der Waals surface area contributed by atoms with E-state index < -0.39 is 375 Å². The molecule has 0 aliphatic carbocycles. The molecule has 7 aliphatic rings. The number of rotatable bonds is 14. The van der Waals surface area contributed by atoms with Gasteiger partial charge in [-0.3, -0.25) is 0 Å². The quantitative estimate of drug-likeness (QED) is 0.0534. The van der Waals surface area contributed by atoms with Crippen LogP contribution < -0.4 is 33.2 Å². The second kappa shape index (κ2) is 33.4. The molecule has 33 N–H and O–H groups in total. The summed E-state index contributed by atoms with van der Waals surface area (Å²) in [5, 5.41) is 396. The maximum atomic E-state index is 13.8. The molecule has 41 nitrogen and oxygen atoms in total. The second-order valence-electron chi connectivity index (χ2n) is 34.4. The van der Waals surface area contributed by atoms with Gasteiger partial charge in [-0.25, -0.2) is 0 Å². The highest BCUT2D eigenvalue weighted by Gasteiger charge is 2.58. The van der Waals surface area contributed by atoms with Crippen molar-refractivity contribution in [1.29, 1.82) is 0 Å². The Morgan fingerprint density at radius 3 is 0.810 bits per heavy atom. The number of hydrogen-bond acceptors (Lipinski definition) is 41. The van der Waals surface area contributed by atoms with Gasteiger partial charge in [0, 0.05) is 110 Å². The van der Waals surface area contributed by atoms with Crippen LogP contribution in [0.2, 0.25) is 0 Å². The highest BCUT2D eigenvalue weighted by atomic mass is 16.7. The largest absolute Gasteiger partial charge is 0.508 e. The van der Waals surface area contributed by atoms with Crippen molar-refractivity contribution in [3.63, 3.8) is 0 Å². The first kappa shape index (κ1) is 90.4. The molecule has 0 aromatic heterocycles. The van der Waals surface area contributed by atoms with Gasteiger partial charge in [0.2, 0.25) is 6.29 Å². The van der Waals surface area contributed by atoms with Crippen LogP contribution in [-0.4, -0.2) is 242 Å². The van der Waals surface area contributed by atoms with Gasteiger partial charge in [-0.2, -0.15) is 0 Å². The third-order valence-electron chi connectivity index (χ3n) is 26.4. The molecule has 0 bridgehead atoms. The highest BCUT2D eigenvalue weighted by molar-refractivity contribution is 5.77. The minimum Gasteiger partial charge on any atom is -0.508 e. The van der Waals surface area contributed by atoms with Gasteiger partial charge in [-0.05, 0) is 106 Å². The molecule has 12 aromatic rings. The molecule has 0 spiro atoms. The highest BCUT2D eigenvalue weighted by Crippen LogP contribution is 2.69. The Morgan fingerprint density at radius 2 is 0.511 bits per heavy atom. The van der Waals surface area contributed by atoms with E-state index in [1.807, 2.05) is 0 Å². The molecule has 0 amide bonds. The lowest BCUT2D eigenvalue weighted by Crippen LogP contribution is -2.60. The normalized spacial score (nSPS) is 26.7. The van der Waals surface area contributed by atoms with Crippen molar-refractivity contribution in [3.8, 4) is 172 Å². The maximum Gasteiger partial charge on any atom is 0.229 e. The molecular formula is C96H84O41. The number of ether oxygens (including phenoxy) is 8. The van der Waals surface area contributed by atoms with E-state index in [-0.39, 0.29) is 38.9 Å². The van der Waals surface area contributed by atoms with E-state index in [1.54, 1.807) is 0 Å². The van der Waals surface area contributed by atoms with Crippen LogP contribution in [0.1, 0.15) is 161 Å². The molecule has 41 heteroatoms. The van der Waals surface area contributed by atoms with Crippen molar-refractivity contribution in [2.24, 2.45) is 0 Å². The molecule has 1 fully saturated rings. The topological polar surface area (TPSA) is 741 Å². The van der Waals surface area contributed by atoms with Crippen molar-refractivity contribution in [1.82, 2.24) is 0 Å². The molecule has 7 aliphatic heterocycles. The summed E-state index contributed by atoms with van der Waals surface area (Å²) >= 11 is 0. The third kappa shape index (κ3) is 14.5. The van der Waals surface area contributed by atoms with E-state index in [4.69, 9.17) is 37.9 Å². The average molecular weight is 1890 g/mol. The zero-order chi connectivity index (χ0) is 97.6. The summed E-state index contributed by atoms with van der Waals surface area (Å²) in [6, 6.07) is 23.2. The SMILES string of the molecule is OC[C@H]1OC(Oc2cc3c(c(O)c2C2c4c(O)cc(O)c(C5c6c(O)cc(O)c(C7c8c(O)cc(O)c(C9c%10c(O)cc(O)c(C%11c%12c(O)cc(O)cc%12O[C@H](c%12ccc(O)c(O)c%12)[C@@H]%11O)c%10O[C@H](c%10ccc(O)c(O)c%10)[C@@H]9O)c8O[C@H](c8ccc(O)c(O)c8)[C@@H]7O)c6O[C@H](c6ccc(O)c(O)c6)[C@@H]5O)c4O[C@H](c4ccc(O)c(O)c4)[C@@H]2O)C[C@H](O)[C@@H](c2ccc(O)c(O)c2)O3)[C@H](O)[C@@H](O)[C@@H]1O. The molecule has 137 heavy (non-hydrogen) atoms. The minimum atomic E-state index is -2.49. The lowest BCUT2D eigenvalue weighted by Gasteiger charge is -2.45. The number of hydrogen-bond donors (Lipinski definition) is 33. The lowest BCUT2D eigenvalue weighted by molar-refractivity contribution is -0.277. The lowest BCUT2D eigenvalue weighted by atomic mass is 9.70. The van der Waals surface area contributed by atoms with E-state index in [0.29, 0.717) is 24.3 Å². The van der Waals surface area contributed by atoms with E-state index in [0.717, 1.165) is 115 Å². The van der Waals surface area contributed by atoms with Crippen LogP contribution in [0.15, 0.2) is 152 Å². The van der Waals surface area contributed by atoms with Crippen molar-refractivity contribution < 1.29 is 206 Å². The fourth-order valence-corrected chi connectivity index (χ4v) is 20.0. The van der Waals surface area contributed by atoms with Gasteiger partial charge in [-0.1, -0.05) is 36.4 Å². The number of aliphatic hydroxyl groups excluding tert-OH is 10. The van der Waals surface area contributed by atoms with Gasteiger partial charge in [0.05, 0.1) is 42.3 Å². The summed E-state index contributed by atoms with van der Waals surface area (Å²) in [5.74, 6) is -37.6. The van der Waals surface area contributed by atoms with Crippen molar-refractivity contribution in [3.05, 3.63) is 246 Å². The van der Waals surface area contributed by atoms with Crippen LogP contribution in [-0.2, 0) is 11.2 Å². The third-order valence-corrected chi connectivity index (χ3v) is 26.4. The summed E-state index contributed by atoms with van der Waals surface area (Å²) in [5.41, 5.74) is -9.43. The van der Waals surface area contributed by atoms with Gasteiger partial charge < -0.3 is 206 Å². The van der Waals surface area contributed by atoms with Gasteiger partial charge in [0.25, 0.3) is 0 Å². The summed E-state index contributed by atoms with van der Waals surface area (Å²) in [6.07, 6.45) is -36.7. The number of phenols is 23. The maximum absolute atomic E-state index is 13.8. The van der Waals surface area contributed by atoms with Crippen LogP contribution in [0.25, 0.3) is 0 Å². The smallest absolute Gasteiger partial charge is 0.229 e. The van der Waals surface area contributed by atoms with Gasteiger partial charge in [-0.15, -0.1) is 0 Å². The van der Waals surface area contributed by atoms with E-state index >= 15 is 0 Å². The molecule has 714 valence electrons. The Balaban J connectivity index is 0.862. The van der Waals surface area contributed by atoms with Crippen molar-refractivity contribution in [2.45, 2.75) is 140 Å². The molecule has 0 saturated carbocycles. The number of phenolic OH excluding ortho intramolecular Hbond substituents is 23. The summed E-state index contributed by atoms with van der Waals surface area (Å²) in [7, 11) is 0. The van der Waals surface area contributed by atoms with E-state index in [2.05, 4.69) is 0 Å². The summed E-state index contributed by atoms with van der Waals surface area (Å²) in [6.45, 7) is -1.06. The summed E-state index contributed by atoms with van der Waals surface area (Å²) in [4.78, 5) is 0. The van der Waals surface area contributed by atoms with Crippen LogP contribution >= 0.6 is 0 Å². The first-order chi connectivity index (χ1) is 65.1. The molecule has 12 aromatic carbocycles. The first-order valence-corrected chi connectivity index (χ1v) is 42.1. The Hall–Kier alpha value is -15.8. The Kier molecular flexibility index (Phi) is 22.0. The number of fused-ring (bicyclic) bond motifs is 6. The molecule has 22 atom stereocenters. The van der Waals surface area contributed by atoms with Crippen LogP contribution in [0, 0.1) is 0 Å². The molecule has 7 heterocycles. The van der Waals surface area contributed by atoms with Gasteiger partial charge in [0.1, 0.15) is 165 Å². The summed E-state index contributed by atoms with van der Waals surface area (Å²) < 4.78 is 52.1. The van der Waals surface area contributed by atoms with E-state index in [1.165, 1.54) is 12.1 Å². The number of benzene rings is 12. The monoisotopic (exact) mass is 1890 g/mol. The van der Waals surface area contributed by atoms with Crippen molar-refractivity contribution >= 4 is 0 Å². The van der Waals surface area contributed by atoms with Crippen LogP contribution in [0.3, 0.4) is 0 Å². The van der Waals surface area contributed by atoms with Gasteiger partial charge >= 0.3 is 0 Å².